The highest BCUT2D eigenvalue weighted by atomic mass is 35.5. The number of oxazole rings is 1. The van der Waals surface area contributed by atoms with Crippen molar-refractivity contribution in [1.29, 1.82) is 0 Å². The number of fused-ring (bicyclic) bond motifs is 1. The van der Waals surface area contributed by atoms with Gasteiger partial charge in [0.15, 0.2) is 17.1 Å². The molecule has 0 fully saturated rings. The van der Waals surface area contributed by atoms with Crippen molar-refractivity contribution in [2.75, 3.05) is 7.11 Å². The first kappa shape index (κ1) is 18.1. The largest absolute Gasteiger partial charge is 0.493 e. The van der Waals surface area contributed by atoms with Crippen molar-refractivity contribution < 1.29 is 13.9 Å². The van der Waals surface area contributed by atoms with Crippen molar-refractivity contribution in [3.63, 3.8) is 0 Å². The van der Waals surface area contributed by atoms with E-state index in [9.17, 15) is 0 Å². The Morgan fingerprint density at radius 3 is 2.64 bits per heavy atom. The molecule has 1 aromatic heterocycles. The van der Waals surface area contributed by atoms with Crippen LogP contribution in [-0.4, -0.2) is 12.1 Å². The van der Waals surface area contributed by atoms with Crippen LogP contribution in [0.5, 0.6) is 11.5 Å². The summed E-state index contributed by atoms with van der Waals surface area (Å²) in [5.74, 6) is 1.88. The van der Waals surface area contributed by atoms with E-state index in [2.05, 4.69) is 4.98 Å². The number of benzene rings is 3. The lowest BCUT2D eigenvalue weighted by Gasteiger charge is -2.11. The van der Waals surface area contributed by atoms with E-state index in [1.165, 1.54) is 0 Å². The zero-order valence-corrected chi connectivity index (χ0v) is 16.0. The minimum Gasteiger partial charge on any atom is -0.493 e. The standard InChI is InChI=1S/C23H18ClNO3/c1-26-22-13-16(7-10-21(22)27-15-17-5-3-2-4-6-17)8-12-23-25-19-14-18(24)9-11-20(19)28-23/h2-14H,15H2,1H3/b12-8+. The second kappa shape index (κ2) is 8.19. The van der Waals surface area contributed by atoms with Gasteiger partial charge in [-0.1, -0.05) is 48.0 Å². The molecular formula is C23H18ClNO3. The molecule has 5 heteroatoms. The first-order valence-corrected chi connectivity index (χ1v) is 9.18. The Kier molecular flexibility index (Phi) is 5.31. The molecule has 0 amide bonds. The number of aromatic nitrogens is 1. The number of halogens is 1. The van der Waals surface area contributed by atoms with Crippen molar-refractivity contribution in [3.8, 4) is 11.5 Å². The third-order valence-corrected chi connectivity index (χ3v) is 4.44. The van der Waals surface area contributed by atoms with Gasteiger partial charge in [-0.15, -0.1) is 0 Å². The van der Waals surface area contributed by atoms with Gasteiger partial charge in [0.05, 0.1) is 7.11 Å². The van der Waals surface area contributed by atoms with E-state index in [1.807, 2.05) is 66.7 Å². The van der Waals surface area contributed by atoms with E-state index in [1.54, 1.807) is 19.2 Å². The molecule has 0 unspecified atom stereocenters. The first-order valence-electron chi connectivity index (χ1n) is 8.80. The zero-order valence-electron chi connectivity index (χ0n) is 15.3. The van der Waals surface area contributed by atoms with Crippen LogP contribution < -0.4 is 9.47 Å². The van der Waals surface area contributed by atoms with Gasteiger partial charge in [-0.25, -0.2) is 4.98 Å². The summed E-state index contributed by atoms with van der Waals surface area (Å²) in [5.41, 5.74) is 3.48. The summed E-state index contributed by atoms with van der Waals surface area (Å²) in [5, 5.41) is 0.632. The molecule has 0 spiro atoms. The molecule has 0 aliphatic rings. The van der Waals surface area contributed by atoms with Gasteiger partial charge in [-0.3, -0.25) is 0 Å². The van der Waals surface area contributed by atoms with E-state index in [4.69, 9.17) is 25.5 Å². The molecule has 4 nitrogen and oxygen atoms in total. The van der Waals surface area contributed by atoms with Gasteiger partial charge >= 0.3 is 0 Å². The second-order valence-electron chi connectivity index (χ2n) is 6.18. The van der Waals surface area contributed by atoms with Crippen LogP contribution in [0, 0.1) is 0 Å². The van der Waals surface area contributed by atoms with Gasteiger partial charge < -0.3 is 13.9 Å². The first-order chi connectivity index (χ1) is 13.7. The summed E-state index contributed by atoms with van der Waals surface area (Å²) >= 11 is 5.99. The Balaban J connectivity index is 1.50. The van der Waals surface area contributed by atoms with Crippen molar-refractivity contribution in [2.24, 2.45) is 0 Å². The van der Waals surface area contributed by atoms with Gasteiger partial charge in [0.1, 0.15) is 12.1 Å². The van der Waals surface area contributed by atoms with Gasteiger partial charge in [-0.2, -0.15) is 0 Å². The van der Waals surface area contributed by atoms with Gasteiger partial charge in [-0.05, 0) is 47.5 Å². The molecule has 0 aliphatic heterocycles. The zero-order chi connectivity index (χ0) is 19.3. The van der Waals surface area contributed by atoms with Crippen LogP contribution in [0.15, 0.2) is 71.1 Å². The number of nitrogens with zero attached hydrogens (tertiary/aromatic N) is 1. The Morgan fingerprint density at radius 1 is 0.964 bits per heavy atom. The minimum absolute atomic E-state index is 0.484. The topological polar surface area (TPSA) is 44.5 Å². The maximum Gasteiger partial charge on any atom is 0.220 e. The lowest BCUT2D eigenvalue weighted by molar-refractivity contribution is 0.284. The van der Waals surface area contributed by atoms with Crippen molar-refractivity contribution in [3.05, 3.63) is 88.8 Å². The molecule has 0 atom stereocenters. The monoisotopic (exact) mass is 391 g/mol. The molecule has 0 saturated carbocycles. The van der Waals surface area contributed by atoms with E-state index >= 15 is 0 Å². The summed E-state index contributed by atoms with van der Waals surface area (Å²) in [4.78, 5) is 4.42. The average molecular weight is 392 g/mol. The van der Waals surface area contributed by atoms with Crippen LogP contribution in [-0.2, 0) is 6.61 Å². The Morgan fingerprint density at radius 2 is 1.82 bits per heavy atom. The molecule has 0 radical (unpaired) electrons. The molecule has 4 aromatic rings. The number of rotatable bonds is 6. The molecule has 0 aliphatic carbocycles. The van der Waals surface area contributed by atoms with E-state index in [0.29, 0.717) is 34.6 Å². The molecule has 28 heavy (non-hydrogen) atoms. The van der Waals surface area contributed by atoms with Gasteiger partial charge in [0.25, 0.3) is 0 Å². The summed E-state index contributed by atoms with van der Waals surface area (Å²) < 4.78 is 17.1. The number of hydrogen-bond acceptors (Lipinski definition) is 4. The molecule has 0 saturated heterocycles. The Labute approximate surface area is 168 Å². The van der Waals surface area contributed by atoms with E-state index in [0.717, 1.165) is 16.6 Å². The van der Waals surface area contributed by atoms with Crippen LogP contribution in [0.2, 0.25) is 5.02 Å². The quantitative estimate of drug-likeness (QED) is 0.390. The molecule has 1 heterocycles. The van der Waals surface area contributed by atoms with Gasteiger partial charge in [0, 0.05) is 11.1 Å². The SMILES string of the molecule is COc1cc(/C=C/c2nc3cc(Cl)ccc3o2)ccc1OCc1ccccc1. The lowest BCUT2D eigenvalue weighted by atomic mass is 10.2. The smallest absolute Gasteiger partial charge is 0.220 e. The fourth-order valence-corrected chi connectivity index (χ4v) is 2.97. The number of methoxy groups -OCH3 is 1. The van der Waals surface area contributed by atoms with Gasteiger partial charge in [0.2, 0.25) is 5.89 Å². The van der Waals surface area contributed by atoms with Crippen molar-refractivity contribution in [2.45, 2.75) is 6.61 Å². The van der Waals surface area contributed by atoms with Crippen molar-refractivity contribution >= 4 is 34.9 Å². The third kappa shape index (κ3) is 4.18. The van der Waals surface area contributed by atoms with Crippen LogP contribution in [0.25, 0.3) is 23.3 Å². The fraction of sp³-hybridized carbons (Fsp3) is 0.0870. The summed E-state index contributed by atoms with van der Waals surface area (Å²) in [6.45, 7) is 0.484. The second-order valence-corrected chi connectivity index (χ2v) is 6.62. The molecular weight excluding hydrogens is 374 g/mol. The molecule has 0 bridgehead atoms. The average Bonchev–Trinajstić information content (AvgIpc) is 3.13. The van der Waals surface area contributed by atoms with E-state index < -0.39 is 0 Å². The van der Waals surface area contributed by atoms with Crippen LogP contribution >= 0.6 is 11.6 Å². The number of hydrogen-bond donors (Lipinski definition) is 0. The third-order valence-electron chi connectivity index (χ3n) is 4.21. The summed E-state index contributed by atoms with van der Waals surface area (Å²) in [7, 11) is 1.63. The maximum atomic E-state index is 5.99. The lowest BCUT2D eigenvalue weighted by Crippen LogP contribution is -1.97. The van der Waals surface area contributed by atoms with Crippen LogP contribution in [0.1, 0.15) is 17.0 Å². The summed E-state index contributed by atoms with van der Waals surface area (Å²) in [6, 6.07) is 21.1. The normalized spacial score (nSPS) is 11.2. The molecule has 140 valence electrons. The Hall–Kier alpha value is -3.24. The van der Waals surface area contributed by atoms with Crippen LogP contribution in [0.3, 0.4) is 0 Å². The molecule has 4 rings (SSSR count). The highest BCUT2D eigenvalue weighted by molar-refractivity contribution is 6.31. The molecule has 3 aromatic carbocycles. The predicted molar refractivity (Wildman–Crippen MR) is 112 cm³/mol. The maximum absolute atomic E-state index is 5.99. The van der Waals surface area contributed by atoms with E-state index in [-0.39, 0.29) is 0 Å². The highest BCUT2D eigenvalue weighted by Crippen LogP contribution is 2.30. The summed E-state index contributed by atoms with van der Waals surface area (Å²) in [6.07, 6.45) is 3.73. The van der Waals surface area contributed by atoms with Crippen molar-refractivity contribution in [1.82, 2.24) is 4.98 Å². The molecule has 0 N–H and O–H groups in total. The Bertz CT molecular complexity index is 1120. The minimum atomic E-state index is 0.484. The highest BCUT2D eigenvalue weighted by Gasteiger charge is 2.07. The fourth-order valence-electron chi connectivity index (χ4n) is 2.80. The van der Waals surface area contributed by atoms with Crippen LogP contribution in [0.4, 0.5) is 0 Å². The number of ether oxygens (including phenoxy) is 2. The predicted octanol–water partition coefficient (Wildman–Crippen LogP) is 6.24.